The number of alkyl halides is 3. The van der Waals surface area contributed by atoms with Crippen molar-refractivity contribution in [1.29, 1.82) is 0 Å². The maximum Gasteiger partial charge on any atom is 0.573 e. The monoisotopic (exact) mass is 358 g/mol. The maximum absolute atomic E-state index is 12.1. The third-order valence-corrected chi connectivity index (χ3v) is 4.69. The quantitative estimate of drug-likeness (QED) is 0.783. The largest absolute Gasteiger partial charge is 0.573 e. The van der Waals surface area contributed by atoms with Crippen molar-refractivity contribution >= 4 is 5.91 Å². The van der Waals surface area contributed by atoms with Gasteiger partial charge in [0.25, 0.3) is 5.91 Å². The first-order valence-electron chi connectivity index (χ1n) is 8.46. The number of hydrogen-bond acceptors (Lipinski definition) is 3. The summed E-state index contributed by atoms with van der Waals surface area (Å²) in [5.41, 5.74) is 6.24. The minimum absolute atomic E-state index is 0.218. The Morgan fingerprint density at radius 3 is 2.08 bits per heavy atom. The van der Waals surface area contributed by atoms with Gasteiger partial charge in [-0.3, -0.25) is 10.2 Å². The predicted molar refractivity (Wildman–Crippen MR) is 88.9 cm³/mol. The highest BCUT2D eigenvalue weighted by Crippen LogP contribution is 2.37. The standard InChI is InChI=1S/C18H25F3N2O2/c1-17(2,3)13-6-8-14(9-7-13)22-23-16(24)12-4-10-15(11-5-12)25-18(19,20)21/h4-5,10-11,13-14,22H,6-9H2,1-3H3,(H,23,24)/t13-,14-. The van der Waals surface area contributed by atoms with Gasteiger partial charge in [0, 0.05) is 11.6 Å². The van der Waals surface area contributed by atoms with E-state index in [2.05, 4.69) is 36.4 Å². The van der Waals surface area contributed by atoms with Gasteiger partial charge >= 0.3 is 6.36 Å². The van der Waals surface area contributed by atoms with Gasteiger partial charge in [-0.2, -0.15) is 0 Å². The van der Waals surface area contributed by atoms with Crippen LogP contribution in [0.1, 0.15) is 56.8 Å². The van der Waals surface area contributed by atoms with Crippen molar-refractivity contribution in [1.82, 2.24) is 10.9 Å². The number of benzene rings is 1. The molecule has 2 N–H and O–H groups in total. The van der Waals surface area contributed by atoms with Crippen molar-refractivity contribution in [2.75, 3.05) is 0 Å². The zero-order valence-corrected chi connectivity index (χ0v) is 14.7. The van der Waals surface area contributed by atoms with Crippen molar-refractivity contribution in [2.45, 2.75) is 58.9 Å². The second-order valence-corrected chi connectivity index (χ2v) is 7.59. The molecule has 25 heavy (non-hydrogen) atoms. The van der Waals surface area contributed by atoms with E-state index in [-0.39, 0.29) is 23.3 Å². The van der Waals surface area contributed by atoms with Crippen molar-refractivity contribution < 1.29 is 22.7 Å². The van der Waals surface area contributed by atoms with E-state index in [1.807, 2.05) is 0 Å². The molecule has 7 heteroatoms. The Balaban J connectivity index is 1.79. The first-order valence-corrected chi connectivity index (χ1v) is 8.46. The van der Waals surface area contributed by atoms with Crippen molar-refractivity contribution in [3.63, 3.8) is 0 Å². The van der Waals surface area contributed by atoms with Crippen LogP contribution in [-0.4, -0.2) is 18.3 Å². The van der Waals surface area contributed by atoms with Gasteiger partial charge in [-0.05, 0) is 61.3 Å². The summed E-state index contributed by atoms with van der Waals surface area (Å²) in [7, 11) is 0. The molecular weight excluding hydrogens is 333 g/mol. The van der Waals surface area contributed by atoms with E-state index in [0.717, 1.165) is 37.8 Å². The van der Waals surface area contributed by atoms with Crippen molar-refractivity contribution in [2.24, 2.45) is 11.3 Å². The van der Waals surface area contributed by atoms with Gasteiger partial charge in [0.2, 0.25) is 0 Å². The summed E-state index contributed by atoms with van der Waals surface area (Å²) >= 11 is 0. The Kier molecular flexibility index (Phi) is 5.98. The Bertz CT molecular complexity index is 571. The lowest BCUT2D eigenvalue weighted by atomic mass is 9.71. The molecule has 140 valence electrons. The van der Waals surface area contributed by atoms with Crippen molar-refractivity contribution in [3.8, 4) is 5.75 Å². The Labute approximate surface area is 146 Å². The van der Waals surface area contributed by atoms with Gasteiger partial charge in [0.1, 0.15) is 5.75 Å². The smallest absolute Gasteiger partial charge is 0.406 e. The predicted octanol–water partition coefficient (Wildman–Crippen LogP) is 4.42. The topological polar surface area (TPSA) is 50.4 Å². The Morgan fingerprint density at radius 1 is 1.04 bits per heavy atom. The van der Waals surface area contributed by atoms with Gasteiger partial charge in [-0.25, -0.2) is 5.43 Å². The molecule has 1 amide bonds. The molecule has 1 saturated carbocycles. The van der Waals surface area contributed by atoms with Crippen LogP contribution in [-0.2, 0) is 0 Å². The van der Waals surface area contributed by atoms with Crippen LogP contribution < -0.4 is 15.6 Å². The zero-order valence-electron chi connectivity index (χ0n) is 14.7. The molecular formula is C18H25F3N2O2. The zero-order chi connectivity index (χ0) is 18.7. The molecule has 0 spiro atoms. The second-order valence-electron chi connectivity index (χ2n) is 7.59. The molecule has 4 nitrogen and oxygen atoms in total. The summed E-state index contributed by atoms with van der Waals surface area (Å²) in [6.07, 6.45) is -0.542. The summed E-state index contributed by atoms with van der Waals surface area (Å²) < 4.78 is 40.1. The summed E-state index contributed by atoms with van der Waals surface area (Å²) in [6, 6.07) is 5.06. The Morgan fingerprint density at radius 2 is 1.60 bits per heavy atom. The second kappa shape index (κ2) is 7.64. The van der Waals surface area contributed by atoms with E-state index in [1.165, 1.54) is 12.1 Å². The van der Waals surface area contributed by atoms with Crippen molar-refractivity contribution in [3.05, 3.63) is 29.8 Å². The third kappa shape index (κ3) is 6.23. The molecule has 1 aromatic rings. The summed E-state index contributed by atoms with van der Waals surface area (Å²) in [6.45, 7) is 6.75. The molecule has 0 unspecified atom stereocenters. The summed E-state index contributed by atoms with van der Waals surface area (Å²) in [5, 5.41) is 0. The molecule has 0 aliphatic heterocycles. The van der Waals surface area contributed by atoms with Gasteiger partial charge < -0.3 is 4.74 Å². The lowest BCUT2D eigenvalue weighted by Crippen LogP contribution is -2.46. The number of ether oxygens (including phenoxy) is 1. The van der Waals surface area contributed by atoms with Crippen LogP contribution in [0.5, 0.6) is 5.75 Å². The van der Waals surface area contributed by atoms with Crippen LogP contribution in [0.3, 0.4) is 0 Å². The fourth-order valence-electron chi connectivity index (χ4n) is 3.15. The van der Waals surface area contributed by atoms with E-state index in [4.69, 9.17) is 0 Å². The van der Waals surface area contributed by atoms with Crippen LogP contribution in [0.4, 0.5) is 13.2 Å². The first kappa shape index (κ1) is 19.6. The van der Waals surface area contributed by atoms with Gasteiger partial charge in [-0.15, -0.1) is 13.2 Å². The molecule has 0 bridgehead atoms. The molecule has 0 atom stereocenters. The lowest BCUT2D eigenvalue weighted by Gasteiger charge is -2.37. The van der Waals surface area contributed by atoms with E-state index < -0.39 is 6.36 Å². The van der Waals surface area contributed by atoms with Crippen LogP contribution in [0.2, 0.25) is 0 Å². The van der Waals surface area contributed by atoms with E-state index in [0.29, 0.717) is 11.3 Å². The fraction of sp³-hybridized carbons (Fsp3) is 0.611. The fourth-order valence-corrected chi connectivity index (χ4v) is 3.15. The van der Waals surface area contributed by atoms with E-state index in [9.17, 15) is 18.0 Å². The Hall–Kier alpha value is -1.76. The SMILES string of the molecule is CC(C)(C)[C@H]1CC[C@H](NNC(=O)c2ccc(OC(F)(F)F)cc2)CC1. The molecule has 1 aromatic carbocycles. The molecule has 2 rings (SSSR count). The van der Waals surface area contributed by atoms with Crippen LogP contribution >= 0.6 is 0 Å². The number of hydrogen-bond donors (Lipinski definition) is 2. The van der Waals surface area contributed by atoms with Crippen LogP contribution in [0.15, 0.2) is 24.3 Å². The highest BCUT2D eigenvalue weighted by atomic mass is 19.4. The minimum Gasteiger partial charge on any atom is -0.406 e. The summed E-state index contributed by atoms with van der Waals surface area (Å²) in [5.74, 6) is -0.0450. The number of hydrazine groups is 1. The van der Waals surface area contributed by atoms with Gasteiger partial charge in [-0.1, -0.05) is 20.8 Å². The lowest BCUT2D eigenvalue weighted by molar-refractivity contribution is -0.274. The molecule has 1 aliphatic carbocycles. The number of rotatable bonds is 4. The van der Waals surface area contributed by atoms with E-state index >= 15 is 0 Å². The molecule has 1 fully saturated rings. The highest BCUT2D eigenvalue weighted by molar-refractivity contribution is 5.93. The average molecular weight is 358 g/mol. The number of carbonyl (C=O) groups excluding carboxylic acids is 1. The minimum atomic E-state index is -4.74. The van der Waals surface area contributed by atoms with Crippen LogP contribution in [0, 0.1) is 11.3 Å². The number of amides is 1. The molecule has 0 heterocycles. The number of nitrogens with one attached hydrogen (secondary N) is 2. The first-order chi connectivity index (χ1) is 11.5. The average Bonchev–Trinajstić information content (AvgIpc) is 2.51. The van der Waals surface area contributed by atoms with E-state index in [1.54, 1.807) is 0 Å². The van der Waals surface area contributed by atoms with Gasteiger partial charge in [0.15, 0.2) is 0 Å². The molecule has 0 aromatic heterocycles. The number of halogens is 3. The number of carbonyl (C=O) groups is 1. The molecule has 1 aliphatic rings. The van der Waals surface area contributed by atoms with Gasteiger partial charge in [0.05, 0.1) is 0 Å². The van der Waals surface area contributed by atoms with Crippen LogP contribution in [0.25, 0.3) is 0 Å². The molecule has 0 saturated heterocycles. The molecule has 0 radical (unpaired) electrons. The highest BCUT2D eigenvalue weighted by Gasteiger charge is 2.31. The maximum atomic E-state index is 12.1. The summed E-state index contributed by atoms with van der Waals surface area (Å²) in [4.78, 5) is 12.1. The third-order valence-electron chi connectivity index (χ3n) is 4.69. The normalized spacial score (nSPS) is 21.7.